The molecule has 0 aliphatic heterocycles. The van der Waals surface area contributed by atoms with E-state index in [2.05, 4.69) is 91.2 Å². The summed E-state index contributed by atoms with van der Waals surface area (Å²) in [5, 5.41) is 0. The molecule has 30 heavy (non-hydrogen) atoms. The van der Waals surface area contributed by atoms with E-state index >= 15 is 0 Å². The predicted molar refractivity (Wildman–Crippen MR) is 132 cm³/mol. The standard InChI is InChI=1S/C27H37N3/c1-4-5-6-7-8-9-10-13-22-30-26-15-12-11-14-25(26)28-27(30)21-18-23-16-19-24(20-17-23)29(2)3/h11-12,14-21H,4-10,13,22H2,1-3H3. The summed E-state index contributed by atoms with van der Waals surface area (Å²) in [6.45, 7) is 3.31. The van der Waals surface area contributed by atoms with Gasteiger partial charge in [0.05, 0.1) is 11.0 Å². The van der Waals surface area contributed by atoms with Gasteiger partial charge < -0.3 is 9.47 Å². The average Bonchev–Trinajstić information content (AvgIpc) is 3.12. The van der Waals surface area contributed by atoms with Crippen LogP contribution in [0.1, 0.15) is 69.7 Å². The molecule has 1 aromatic heterocycles. The highest BCUT2D eigenvalue weighted by molar-refractivity contribution is 5.80. The molecule has 0 amide bonds. The summed E-state index contributed by atoms with van der Waals surface area (Å²) in [6.07, 6.45) is 15.1. The van der Waals surface area contributed by atoms with Gasteiger partial charge in [-0.2, -0.15) is 0 Å². The lowest BCUT2D eigenvalue weighted by Gasteiger charge is -2.11. The van der Waals surface area contributed by atoms with E-state index in [0.717, 1.165) is 17.9 Å². The van der Waals surface area contributed by atoms with E-state index < -0.39 is 0 Å². The van der Waals surface area contributed by atoms with Crippen LogP contribution in [0.15, 0.2) is 48.5 Å². The Morgan fingerprint density at radius 3 is 2.17 bits per heavy atom. The van der Waals surface area contributed by atoms with Crippen LogP contribution in [-0.2, 0) is 6.54 Å². The maximum atomic E-state index is 4.89. The highest BCUT2D eigenvalue weighted by atomic mass is 15.1. The van der Waals surface area contributed by atoms with Crippen LogP contribution >= 0.6 is 0 Å². The number of anilines is 1. The highest BCUT2D eigenvalue weighted by Gasteiger charge is 2.08. The molecule has 3 nitrogen and oxygen atoms in total. The monoisotopic (exact) mass is 403 g/mol. The van der Waals surface area contributed by atoms with E-state index in [1.807, 2.05) is 0 Å². The number of hydrogen-bond donors (Lipinski definition) is 0. The predicted octanol–water partition coefficient (Wildman–Crippen LogP) is 7.41. The zero-order chi connectivity index (χ0) is 21.2. The molecule has 0 aliphatic rings. The van der Waals surface area contributed by atoms with Crippen molar-refractivity contribution >= 4 is 28.9 Å². The van der Waals surface area contributed by atoms with Gasteiger partial charge in [-0.05, 0) is 42.3 Å². The van der Waals surface area contributed by atoms with E-state index in [1.54, 1.807) is 0 Å². The minimum absolute atomic E-state index is 1.04. The molecule has 0 radical (unpaired) electrons. The van der Waals surface area contributed by atoms with Gasteiger partial charge in [-0.3, -0.25) is 0 Å². The van der Waals surface area contributed by atoms with Crippen molar-refractivity contribution in [1.29, 1.82) is 0 Å². The first-order chi connectivity index (χ1) is 14.7. The first-order valence-corrected chi connectivity index (χ1v) is 11.6. The number of aryl methyl sites for hydroxylation is 1. The molecule has 0 saturated heterocycles. The van der Waals surface area contributed by atoms with Crippen LogP contribution in [0.25, 0.3) is 23.2 Å². The van der Waals surface area contributed by atoms with Crippen molar-refractivity contribution in [2.45, 2.75) is 64.8 Å². The number of unbranched alkanes of at least 4 members (excludes halogenated alkanes) is 7. The van der Waals surface area contributed by atoms with E-state index in [1.165, 1.54) is 68.1 Å². The molecule has 0 fully saturated rings. The summed E-state index contributed by atoms with van der Waals surface area (Å²) in [5.41, 5.74) is 4.74. The van der Waals surface area contributed by atoms with Crippen molar-refractivity contribution < 1.29 is 0 Å². The Bertz CT molecular complexity index is 919. The smallest absolute Gasteiger partial charge is 0.133 e. The molecule has 0 saturated carbocycles. The molecule has 2 aromatic carbocycles. The van der Waals surface area contributed by atoms with E-state index in [4.69, 9.17) is 4.98 Å². The normalized spacial score (nSPS) is 11.6. The minimum atomic E-state index is 1.04. The number of imidazole rings is 1. The van der Waals surface area contributed by atoms with Crippen LogP contribution in [0.3, 0.4) is 0 Å². The SMILES string of the molecule is CCCCCCCCCCn1c(C=Cc2ccc(N(C)C)cc2)nc2ccccc21. The minimum Gasteiger partial charge on any atom is -0.378 e. The number of aromatic nitrogens is 2. The van der Waals surface area contributed by atoms with Gasteiger partial charge in [0.25, 0.3) is 0 Å². The Balaban J connectivity index is 1.64. The molecular formula is C27H37N3. The molecule has 160 valence electrons. The molecule has 0 spiro atoms. The highest BCUT2D eigenvalue weighted by Crippen LogP contribution is 2.20. The Kier molecular flexibility index (Phi) is 8.55. The van der Waals surface area contributed by atoms with Crippen molar-refractivity contribution in [3.05, 3.63) is 59.9 Å². The lowest BCUT2D eigenvalue weighted by molar-refractivity contribution is 0.547. The van der Waals surface area contributed by atoms with Crippen molar-refractivity contribution in [1.82, 2.24) is 9.55 Å². The Hall–Kier alpha value is -2.55. The molecule has 3 heteroatoms. The third-order valence-corrected chi connectivity index (χ3v) is 5.75. The molecular weight excluding hydrogens is 366 g/mol. The molecule has 0 unspecified atom stereocenters. The molecule has 0 N–H and O–H groups in total. The van der Waals surface area contributed by atoms with Gasteiger partial charge in [-0.15, -0.1) is 0 Å². The fraction of sp³-hybridized carbons (Fsp3) is 0.444. The summed E-state index contributed by atoms with van der Waals surface area (Å²) in [5.74, 6) is 1.05. The van der Waals surface area contributed by atoms with Crippen LogP contribution in [0.2, 0.25) is 0 Å². The third kappa shape index (κ3) is 6.22. The fourth-order valence-corrected chi connectivity index (χ4v) is 3.91. The third-order valence-electron chi connectivity index (χ3n) is 5.75. The topological polar surface area (TPSA) is 21.1 Å². The molecule has 0 atom stereocenters. The largest absolute Gasteiger partial charge is 0.378 e. The molecule has 0 aliphatic carbocycles. The zero-order valence-electron chi connectivity index (χ0n) is 19.0. The van der Waals surface area contributed by atoms with Gasteiger partial charge >= 0.3 is 0 Å². The van der Waals surface area contributed by atoms with Gasteiger partial charge in [0.2, 0.25) is 0 Å². The Labute approximate surface area is 182 Å². The Morgan fingerprint density at radius 2 is 1.47 bits per heavy atom. The van der Waals surface area contributed by atoms with Gasteiger partial charge in [0.15, 0.2) is 0 Å². The van der Waals surface area contributed by atoms with Crippen molar-refractivity contribution in [3.8, 4) is 0 Å². The van der Waals surface area contributed by atoms with E-state index in [0.29, 0.717) is 0 Å². The number of nitrogens with zero attached hydrogens (tertiary/aromatic N) is 3. The van der Waals surface area contributed by atoms with Crippen LogP contribution in [0, 0.1) is 0 Å². The number of para-hydroxylation sites is 2. The number of fused-ring (bicyclic) bond motifs is 1. The first-order valence-electron chi connectivity index (χ1n) is 11.6. The number of hydrogen-bond acceptors (Lipinski definition) is 2. The summed E-state index contributed by atoms with van der Waals surface area (Å²) < 4.78 is 2.39. The molecule has 0 bridgehead atoms. The van der Waals surface area contributed by atoms with Crippen LogP contribution in [0.5, 0.6) is 0 Å². The number of rotatable bonds is 12. The fourth-order valence-electron chi connectivity index (χ4n) is 3.91. The average molecular weight is 404 g/mol. The van der Waals surface area contributed by atoms with Crippen molar-refractivity contribution in [3.63, 3.8) is 0 Å². The summed E-state index contributed by atoms with van der Waals surface area (Å²) in [6, 6.07) is 17.1. The van der Waals surface area contributed by atoms with Crippen LogP contribution in [-0.4, -0.2) is 23.6 Å². The molecule has 3 rings (SSSR count). The van der Waals surface area contributed by atoms with Gasteiger partial charge in [0, 0.05) is 26.3 Å². The maximum absolute atomic E-state index is 4.89. The molecule has 1 heterocycles. The van der Waals surface area contributed by atoms with Crippen molar-refractivity contribution in [2.75, 3.05) is 19.0 Å². The van der Waals surface area contributed by atoms with E-state index in [-0.39, 0.29) is 0 Å². The van der Waals surface area contributed by atoms with Crippen LogP contribution in [0.4, 0.5) is 5.69 Å². The van der Waals surface area contributed by atoms with Gasteiger partial charge in [0.1, 0.15) is 5.82 Å². The lowest BCUT2D eigenvalue weighted by Crippen LogP contribution is -2.07. The second-order valence-corrected chi connectivity index (χ2v) is 8.40. The lowest BCUT2D eigenvalue weighted by atomic mass is 10.1. The van der Waals surface area contributed by atoms with E-state index in [9.17, 15) is 0 Å². The summed E-state index contributed by atoms with van der Waals surface area (Å²) in [7, 11) is 4.14. The van der Waals surface area contributed by atoms with Crippen LogP contribution < -0.4 is 4.90 Å². The quantitative estimate of drug-likeness (QED) is 0.293. The van der Waals surface area contributed by atoms with Crippen molar-refractivity contribution in [2.24, 2.45) is 0 Å². The maximum Gasteiger partial charge on any atom is 0.133 e. The Morgan fingerprint density at radius 1 is 0.800 bits per heavy atom. The first kappa shape index (κ1) is 22.1. The summed E-state index contributed by atoms with van der Waals surface area (Å²) in [4.78, 5) is 7.01. The molecule has 3 aromatic rings. The second-order valence-electron chi connectivity index (χ2n) is 8.40. The second kappa shape index (κ2) is 11.6. The number of benzene rings is 2. The zero-order valence-corrected chi connectivity index (χ0v) is 19.0. The van der Waals surface area contributed by atoms with Gasteiger partial charge in [-0.25, -0.2) is 4.98 Å². The van der Waals surface area contributed by atoms with Gasteiger partial charge in [-0.1, -0.05) is 82.2 Å². The summed E-state index contributed by atoms with van der Waals surface area (Å²) >= 11 is 0.